The summed E-state index contributed by atoms with van der Waals surface area (Å²) in [6, 6.07) is 3.24. The molecule has 0 atom stereocenters. The minimum Gasteiger partial charge on any atom is -0.493 e. The van der Waals surface area contributed by atoms with Crippen LogP contribution in [0.2, 0.25) is 0 Å². The van der Waals surface area contributed by atoms with Gasteiger partial charge in [-0.05, 0) is 15.9 Å². The molecule has 0 bridgehead atoms. The van der Waals surface area contributed by atoms with Crippen molar-refractivity contribution in [2.75, 3.05) is 27.9 Å². The number of carbonyl (C=O) groups is 1. The fourth-order valence-corrected chi connectivity index (χ4v) is 1.39. The summed E-state index contributed by atoms with van der Waals surface area (Å²) in [6.45, 7) is -0.0708. The van der Waals surface area contributed by atoms with E-state index in [9.17, 15) is 4.79 Å². The Kier molecular flexibility index (Phi) is 5.09. The highest BCUT2D eigenvalue weighted by Gasteiger charge is 2.14. The minimum absolute atomic E-state index is 0.0708. The molecule has 6 heteroatoms. The highest BCUT2D eigenvalue weighted by atomic mass is 79.9. The van der Waals surface area contributed by atoms with Crippen molar-refractivity contribution in [3.05, 3.63) is 12.1 Å². The Morgan fingerprint density at radius 2 is 1.65 bits per heavy atom. The fraction of sp³-hybridized carbons (Fsp3) is 0.364. The van der Waals surface area contributed by atoms with E-state index in [4.69, 9.17) is 18.9 Å². The number of hydrogen-bond acceptors (Lipinski definition) is 5. The lowest BCUT2D eigenvalue weighted by Gasteiger charge is -2.14. The molecule has 1 aromatic carbocycles. The molecule has 0 aliphatic rings. The molecule has 1 aromatic rings. The van der Waals surface area contributed by atoms with E-state index in [0.717, 1.165) is 0 Å². The van der Waals surface area contributed by atoms with Crippen LogP contribution < -0.4 is 18.9 Å². The Morgan fingerprint density at radius 1 is 1.12 bits per heavy atom. The third kappa shape index (κ3) is 3.52. The van der Waals surface area contributed by atoms with Crippen LogP contribution in [0.25, 0.3) is 0 Å². The molecule has 5 nitrogen and oxygen atoms in total. The first-order valence-corrected chi connectivity index (χ1v) is 5.52. The van der Waals surface area contributed by atoms with Crippen LogP contribution in [-0.4, -0.2) is 32.6 Å². The lowest BCUT2D eigenvalue weighted by molar-refractivity contribution is -0.112. The summed E-state index contributed by atoms with van der Waals surface area (Å²) in [6.07, 6.45) is 0. The second-order valence-corrected chi connectivity index (χ2v) is 3.89. The quantitative estimate of drug-likeness (QED) is 0.753. The first-order chi connectivity index (χ1) is 8.12. The summed E-state index contributed by atoms with van der Waals surface area (Å²) < 4.78 is 20.4. The van der Waals surface area contributed by atoms with Crippen LogP contribution in [0.4, 0.5) is 0 Å². The molecule has 0 heterocycles. The molecule has 0 saturated heterocycles. The van der Waals surface area contributed by atoms with Gasteiger partial charge in [-0.3, -0.25) is 4.79 Å². The molecule has 0 spiro atoms. The summed E-state index contributed by atoms with van der Waals surface area (Å²) in [5, 5.41) is 0. The van der Waals surface area contributed by atoms with Crippen molar-refractivity contribution in [2.45, 2.75) is 0 Å². The molecule has 0 saturated carbocycles. The van der Waals surface area contributed by atoms with Crippen molar-refractivity contribution in [3.8, 4) is 23.0 Å². The standard InChI is InChI=1S/C11H13BrO5/c1-14-8-4-7(17-6-10(12)13)5-9(15-2)11(8)16-3/h4-5H,6H2,1-3H3. The van der Waals surface area contributed by atoms with E-state index in [1.54, 1.807) is 12.1 Å². The minimum atomic E-state index is -0.244. The zero-order valence-corrected chi connectivity index (χ0v) is 11.4. The number of ether oxygens (including phenoxy) is 4. The summed E-state index contributed by atoms with van der Waals surface area (Å²) in [4.78, 5) is 10.8. The Balaban J connectivity index is 3.04. The van der Waals surface area contributed by atoms with Crippen molar-refractivity contribution in [3.63, 3.8) is 0 Å². The van der Waals surface area contributed by atoms with Crippen LogP contribution in [0.1, 0.15) is 0 Å². The molecule has 0 aliphatic carbocycles. The Hall–Kier alpha value is -1.43. The molecule has 0 aliphatic heterocycles. The van der Waals surface area contributed by atoms with Gasteiger partial charge in [0.05, 0.1) is 21.3 Å². The first-order valence-electron chi connectivity index (χ1n) is 4.73. The van der Waals surface area contributed by atoms with Crippen LogP contribution >= 0.6 is 15.9 Å². The van der Waals surface area contributed by atoms with Crippen LogP contribution in [0.5, 0.6) is 23.0 Å². The third-order valence-electron chi connectivity index (χ3n) is 1.99. The van der Waals surface area contributed by atoms with Gasteiger partial charge in [0.2, 0.25) is 10.4 Å². The summed E-state index contributed by atoms with van der Waals surface area (Å²) in [7, 11) is 4.54. The molecule has 0 radical (unpaired) electrons. The summed E-state index contributed by atoms with van der Waals surface area (Å²) in [5.41, 5.74) is 0. The molecule has 0 aromatic heterocycles. The van der Waals surface area contributed by atoms with Crippen LogP contribution in [0, 0.1) is 0 Å². The highest BCUT2D eigenvalue weighted by molar-refractivity contribution is 9.18. The van der Waals surface area contributed by atoms with Gasteiger partial charge in [0.25, 0.3) is 0 Å². The van der Waals surface area contributed by atoms with Gasteiger partial charge < -0.3 is 18.9 Å². The lowest BCUT2D eigenvalue weighted by atomic mass is 10.2. The number of benzene rings is 1. The van der Waals surface area contributed by atoms with Crippen LogP contribution in [-0.2, 0) is 4.79 Å². The van der Waals surface area contributed by atoms with Crippen molar-refractivity contribution in [1.29, 1.82) is 0 Å². The van der Waals surface area contributed by atoms with Gasteiger partial charge >= 0.3 is 0 Å². The van der Waals surface area contributed by atoms with Gasteiger partial charge in [0, 0.05) is 12.1 Å². The molecule has 0 unspecified atom stereocenters. The zero-order valence-electron chi connectivity index (χ0n) is 9.78. The van der Waals surface area contributed by atoms with Gasteiger partial charge in [-0.2, -0.15) is 0 Å². The van der Waals surface area contributed by atoms with Crippen LogP contribution in [0.3, 0.4) is 0 Å². The normalized spacial score (nSPS) is 9.65. The van der Waals surface area contributed by atoms with E-state index in [-0.39, 0.29) is 11.3 Å². The van der Waals surface area contributed by atoms with E-state index < -0.39 is 0 Å². The fourth-order valence-electron chi connectivity index (χ4n) is 1.28. The number of hydrogen-bond donors (Lipinski definition) is 0. The van der Waals surface area contributed by atoms with Gasteiger partial charge in [0.1, 0.15) is 5.75 Å². The van der Waals surface area contributed by atoms with E-state index in [1.807, 2.05) is 0 Å². The predicted octanol–water partition coefficient (Wildman–Crippen LogP) is 2.01. The second kappa shape index (κ2) is 6.34. The first kappa shape index (κ1) is 13.6. The maximum absolute atomic E-state index is 10.8. The van der Waals surface area contributed by atoms with Gasteiger partial charge in [-0.15, -0.1) is 0 Å². The summed E-state index contributed by atoms with van der Waals surface area (Å²) >= 11 is 2.78. The third-order valence-corrected chi connectivity index (χ3v) is 2.22. The Labute approximate surface area is 108 Å². The predicted molar refractivity (Wildman–Crippen MR) is 65.5 cm³/mol. The van der Waals surface area contributed by atoms with E-state index >= 15 is 0 Å². The topological polar surface area (TPSA) is 54.0 Å². The smallest absolute Gasteiger partial charge is 0.235 e. The van der Waals surface area contributed by atoms with Crippen molar-refractivity contribution in [1.82, 2.24) is 0 Å². The number of carbonyl (C=O) groups excluding carboxylic acids is 1. The van der Waals surface area contributed by atoms with Crippen molar-refractivity contribution < 1.29 is 23.7 Å². The molecular formula is C11H13BrO5. The van der Waals surface area contributed by atoms with Crippen molar-refractivity contribution >= 4 is 20.6 Å². The van der Waals surface area contributed by atoms with Crippen LogP contribution in [0.15, 0.2) is 12.1 Å². The van der Waals surface area contributed by atoms with E-state index in [2.05, 4.69) is 15.9 Å². The monoisotopic (exact) mass is 304 g/mol. The van der Waals surface area contributed by atoms with E-state index in [0.29, 0.717) is 23.0 Å². The average Bonchev–Trinajstić information content (AvgIpc) is 2.34. The number of methoxy groups -OCH3 is 3. The van der Waals surface area contributed by atoms with Gasteiger partial charge in [0.15, 0.2) is 18.1 Å². The number of halogens is 1. The molecule has 17 heavy (non-hydrogen) atoms. The summed E-state index contributed by atoms with van der Waals surface area (Å²) in [5.74, 6) is 1.90. The second-order valence-electron chi connectivity index (χ2n) is 3.00. The maximum atomic E-state index is 10.8. The molecule has 94 valence electrons. The molecular weight excluding hydrogens is 292 g/mol. The highest BCUT2D eigenvalue weighted by Crippen LogP contribution is 2.40. The van der Waals surface area contributed by atoms with Gasteiger partial charge in [-0.1, -0.05) is 0 Å². The zero-order chi connectivity index (χ0) is 12.8. The largest absolute Gasteiger partial charge is 0.493 e. The average molecular weight is 305 g/mol. The van der Waals surface area contributed by atoms with E-state index in [1.165, 1.54) is 21.3 Å². The Morgan fingerprint density at radius 3 is 2.00 bits per heavy atom. The van der Waals surface area contributed by atoms with Crippen molar-refractivity contribution in [2.24, 2.45) is 0 Å². The molecule has 0 fully saturated rings. The number of rotatable bonds is 6. The van der Waals surface area contributed by atoms with Gasteiger partial charge in [-0.25, -0.2) is 0 Å². The maximum Gasteiger partial charge on any atom is 0.235 e. The SMILES string of the molecule is COc1cc(OCC(=O)Br)cc(OC)c1OC. The Bertz CT molecular complexity index is 380. The lowest BCUT2D eigenvalue weighted by Crippen LogP contribution is -2.04. The molecule has 0 N–H and O–H groups in total. The molecule has 0 amide bonds. The molecule has 1 rings (SSSR count).